The summed E-state index contributed by atoms with van der Waals surface area (Å²) in [6.45, 7) is 8.26. The predicted octanol–water partition coefficient (Wildman–Crippen LogP) is 2.73. The minimum atomic E-state index is -0.498. The maximum atomic E-state index is 12.2. The summed E-state index contributed by atoms with van der Waals surface area (Å²) in [6.07, 6.45) is 2.48. The zero-order valence-corrected chi connectivity index (χ0v) is 16.3. The van der Waals surface area contributed by atoms with Gasteiger partial charge in [0.1, 0.15) is 5.60 Å². The Labute approximate surface area is 155 Å². The first-order valence-corrected chi connectivity index (χ1v) is 9.18. The number of nitrogen functional groups attached to an aromatic ring is 1. The lowest BCUT2D eigenvalue weighted by Gasteiger charge is -2.43. The zero-order valence-electron chi connectivity index (χ0n) is 16.3. The van der Waals surface area contributed by atoms with Crippen LogP contribution in [0.5, 0.6) is 0 Å². The van der Waals surface area contributed by atoms with E-state index in [1.165, 1.54) is 0 Å². The Morgan fingerprint density at radius 1 is 1.27 bits per heavy atom. The molecule has 4 N–H and O–H groups in total. The summed E-state index contributed by atoms with van der Waals surface area (Å²) >= 11 is 0. The van der Waals surface area contributed by atoms with Crippen LogP contribution in [0.3, 0.4) is 0 Å². The van der Waals surface area contributed by atoms with E-state index in [-0.39, 0.29) is 17.3 Å². The molecule has 1 unspecified atom stereocenters. The van der Waals surface area contributed by atoms with Crippen molar-refractivity contribution in [2.45, 2.75) is 64.4 Å². The van der Waals surface area contributed by atoms with E-state index in [4.69, 9.17) is 16.2 Å². The Bertz CT molecular complexity index is 681. The first-order valence-electron chi connectivity index (χ1n) is 9.18. The molecule has 1 aliphatic rings. The van der Waals surface area contributed by atoms with Gasteiger partial charge in [0, 0.05) is 36.7 Å². The molecule has 0 aromatic heterocycles. The number of hydrogen-bond donors (Lipinski definition) is 2. The topological polar surface area (TPSA) is 98.6 Å². The molecule has 1 heterocycles. The van der Waals surface area contributed by atoms with Crippen LogP contribution in [-0.4, -0.2) is 30.6 Å². The SMILES string of the molecule is CC(=O)N1CCC(CCN)(CCC(=O)OC(C)(C)C)c2ccc(N)cc21. The summed E-state index contributed by atoms with van der Waals surface area (Å²) in [5, 5.41) is 0. The third-order valence-electron chi connectivity index (χ3n) is 4.93. The monoisotopic (exact) mass is 361 g/mol. The third-order valence-corrected chi connectivity index (χ3v) is 4.93. The molecule has 0 saturated carbocycles. The number of esters is 1. The molecule has 1 aliphatic heterocycles. The fourth-order valence-corrected chi connectivity index (χ4v) is 3.78. The van der Waals surface area contributed by atoms with Crippen molar-refractivity contribution in [3.63, 3.8) is 0 Å². The first kappa shape index (κ1) is 20.2. The number of benzene rings is 1. The molecule has 0 fully saturated rings. The molecule has 0 saturated heterocycles. The van der Waals surface area contributed by atoms with E-state index in [9.17, 15) is 9.59 Å². The highest BCUT2D eigenvalue weighted by molar-refractivity contribution is 5.94. The average molecular weight is 361 g/mol. The minimum Gasteiger partial charge on any atom is -0.460 e. The van der Waals surface area contributed by atoms with Gasteiger partial charge in [-0.15, -0.1) is 0 Å². The number of carbonyl (C=O) groups is 2. The van der Waals surface area contributed by atoms with Crippen molar-refractivity contribution < 1.29 is 14.3 Å². The largest absolute Gasteiger partial charge is 0.460 e. The lowest BCUT2D eigenvalue weighted by molar-refractivity contribution is -0.155. The molecule has 2 rings (SSSR count). The van der Waals surface area contributed by atoms with E-state index in [1.807, 2.05) is 39.0 Å². The molecule has 1 aromatic rings. The lowest BCUT2D eigenvalue weighted by atomic mass is 9.69. The van der Waals surface area contributed by atoms with E-state index < -0.39 is 5.60 Å². The fourth-order valence-electron chi connectivity index (χ4n) is 3.78. The summed E-state index contributed by atoms with van der Waals surface area (Å²) in [6, 6.07) is 5.67. The highest BCUT2D eigenvalue weighted by Gasteiger charge is 2.40. The molecule has 0 aliphatic carbocycles. The van der Waals surface area contributed by atoms with Crippen molar-refractivity contribution in [3.05, 3.63) is 23.8 Å². The van der Waals surface area contributed by atoms with Crippen molar-refractivity contribution in [2.24, 2.45) is 5.73 Å². The van der Waals surface area contributed by atoms with Gasteiger partial charge in [-0.05, 0) is 64.3 Å². The summed E-state index contributed by atoms with van der Waals surface area (Å²) in [4.78, 5) is 26.1. The van der Waals surface area contributed by atoms with Crippen LogP contribution in [0.4, 0.5) is 11.4 Å². The van der Waals surface area contributed by atoms with Crippen LogP contribution in [0.2, 0.25) is 0 Å². The van der Waals surface area contributed by atoms with Gasteiger partial charge in [0.15, 0.2) is 0 Å². The van der Waals surface area contributed by atoms with Crippen molar-refractivity contribution in [1.82, 2.24) is 0 Å². The van der Waals surface area contributed by atoms with E-state index in [1.54, 1.807) is 11.8 Å². The van der Waals surface area contributed by atoms with E-state index in [0.717, 1.165) is 24.1 Å². The second kappa shape index (κ2) is 7.66. The van der Waals surface area contributed by atoms with E-state index in [2.05, 4.69) is 0 Å². The Hall–Kier alpha value is -2.08. The summed E-state index contributed by atoms with van der Waals surface area (Å²) in [7, 11) is 0. The number of ether oxygens (including phenoxy) is 1. The highest BCUT2D eigenvalue weighted by atomic mass is 16.6. The molecule has 0 radical (unpaired) electrons. The van der Waals surface area contributed by atoms with Gasteiger partial charge in [0.25, 0.3) is 0 Å². The van der Waals surface area contributed by atoms with Gasteiger partial charge in [0.2, 0.25) is 5.91 Å². The molecule has 0 spiro atoms. The van der Waals surface area contributed by atoms with Crippen molar-refractivity contribution in [2.75, 3.05) is 23.7 Å². The van der Waals surface area contributed by atoms with Gasteiger partial charge >= 0.3 is 5.97 Å². The van der Waals surface area contributed by atoms with Crippen LogP contribution >= 0.6 is 0 Å². The molecule has 0 bridgehead atoms. The molecule has 1 atom stereocenters. The lowest BCUT2D eigenvalue weighted by Crippen LogP contribution is -2.44. The molecule has 26 heavy (non-hydrogen) atoms. The smallest absolute Gasteiger partial charge is 0.306 e. The average Bonchev–Trinajstić information content (AvgIpc) is 2.51. The van der Waals surface area contributed by atoms with Gasteiger partial charge in [-0.3, -0.25) is 9.59 Å². The van der Waals surface area contributed by atoms with Gasteiger partial charge in [-0.2, -0.15) is 0 Å². The Morgan fingerprint density at radius 3 is 2.54 bits per heavy atom. The minimum absolute atomic E-state index is 0.00894. The molecule has 6 heteroatoms. The Balaban J connectivity index is 2.34. The van der Waals surface area contributed by atoms with Gasteiger partial charge < -0.3 is 21.1 Å². The highest BCUT2D eigenvalue weighted by Crippen LogP contribution is 2.46. The number of amides is 1. The number of nitrogens with two attached hydrogens (primary N) is 2. The van der Waals surface area contributed by atoms with Crippen molar-refractivity contribution >= 4 is 23.3 Å². The van der Waals surface area contributed by atoms with Gasteiger partial charge in [0.05, 0.1) is 0 Å². The van der Waals surface area contributed by atoms with Gasteiger partial charge in [-0.1, -0.05) is 6.07 Å². The van der Waals surface area contributed by atoms with Crippen LogP contribution in [-0.2, 0) is 19.7 Å². The maximum absolute atomic E-state index is 12.2. The molecular formula is C20H31N3O3. The fraction of sp³-hybridized carbons (Fsp3) is 0.600. The first-order chi connectivity index (χ1) is 12.1. The van der Waals surface area contributed by atoms with Crippen molar-refractivity contribution in [1.29, 1.82) is 0 Å². The summed E-state index contributed by atoms with van der Waals surface area (Å²) in [5.41, 5.74) is 13.6. The number of fused-ring (bicyclic) bond motifs is 1. The molecule has 1 amide bonds. The number of anilines is 2. The van der Waals surface area contributed by atoms with E-state index >= 15 is 0 Å². The Kier molecular flexibility index (Phi) is 5.96. The number of carbonyl (C=O) groups excluding carboxylic acids is 2. The predicted molar refractivity (Wildman–Crippen MR) is 104 cm³/mol. The third kappa shape index (κ3) is 4.55. The number of rotatable bonds is 5. The summed E-state index contributed by atoms with van der Waals surface area (Å²) < 4.78 is 5.46. The second-order valence-electron chi connectivity index (χ2n) is 8.10. The van der Waals surface area contributed by atoms with Crippen LogP contribution in [0.25, 0.3) is 0 Å². The molecule has 1 aromatic carbocycles. The van der Waals surface area contributed by atoms with Gasteiger partial charge in [-0.25, -0.2) is 0 Å². The van der Waals surface area contributed by atoms with Crippen LogP contribution in [0.1, 0.15) is 58.9 Å². The quantitative estimate of drug-likeness (QED) is 0.620. The number of nitrogens with zero attached hydrogens (tertiary/aromatic N) is 1. The molecule has 6 nitrogen and oxygen atoms in total. The van der Waals surface area contributed by atoms with Crippen molar-refractivity contribution in [3.8, 4) is 0 Å². The van der Waals surface area contributed by atoms with Crippen LogP contribution in [0, 0.1) is 0 Å². The number of hydrogen-bond acceptors (Lipinski definition) is 5. The van der Waals surface area contributed by atoms with Crippen LogP contribution in [0.15, 0.2) is 18.2 Å². The zero-order chi connectivity index (χ0) is 19.5. The van der Waals surface area contributed by atoms with Crippen LogP contribution < -0.4 is 16.4 Å². The standard InChI is InChI=1S/C20H31N3O3/c1-14(24)23-12-10-20(9-11-21,8-7-18(25)26-19(2,3)4)16-6-5-15(22)13-17(16)23/h5-6,13H,7-12,21-22H2,1-4H3. The summed E-state index contributed by atoms with van der Waals surface area (Å²) in [5.74, 6) is -0.217. The second-order valence-corrected chi connectivity index (χ2v) is 8.10. The Morgan fingerprint density at radius 2 is 1.96 bits per heavy atom. The maximum Gasteiger partial charge on any atom is 0.306 e. The molecular weight excluding hydrogens is 330 g/mol. The molecule has 144 valence electrons. The van der Waals surface area contributed by atoms with E-state index in [0.29, 0.717) is 31.6 Å². The normalized spacial score (nSPS) is 19.8.